The zero-order valence-electron chi connectivity index (χ0n) is 17.2. The summed E-state index contributed by atoms with van der Waals surface area (Å²) in [6.07, 6.45) is 8.53. The van der Waals surface area contributed by atoms with Crippen LogP contribution < -0.4 is 0 Å². The molecule has 1 aromatic carbocycles. The Bertz CT molecular complexity index is 1350. The van der Waals surface area contributed by atoms with Gasteiger partial charge < -0.3 is 5.11 Å². The smallest absolute Gasteiger partial charge is 0.336 e. The summed E-state index contributed by atoms with van der Waals surface area (Å²) in [6.45, 7) is 1.95. The van der Waals surface area contributed by atoms with E-state index in [2.05, 4.69) is 5.10 Å². The maximum absolute atomic E-state index is 12.2. The van der Waals surface area contributed by atoms with Crippen molar-refractivity contribution in [1.29, 1.82) is 0 Å². The highest BCUT2D eigenvalue weighted by Gasteiger charge is 2.30. The minimum absolute atomic E-state index is 0.125. The van der Waals surface area contributed by atoms with Crippen molar-refractivity contribution in [3.63, 3.8) is 0 Å². The first-order valence-corrected chi connectivity index (χ1v) is 12.2. The fraction of sp³-hybridized carbons (Fsp3) is 0.348. The molecule has 0 spiro atoms. The van der Waals surface area contributed by atoms with E-state index in [-0.39, 0.29) is 17.5 Å². The van der Waals surface area contributed by atoms with E-state index in [0.717, 1.165) is 40.8 Å². The monoisotopic (exact) mass is 437 g/mol. The van der Waals surface area contributed by atoms with E-state index in [9.17, 15) is 18.3 Å². The molecule has 0 amide bonds. The largest absolute Gasteiger partial charge is 0.478 e. The van der Waals surface area contributed by atoms with Gasteiger partial charge in [0.15, 0.2) is 9.84 Å². The fourth-order valence-electron chi connectivity index (χ4n) is 4.70. The maximum Gasteiger partial charge on any atom is 0.336 e. The number of fused-ring (bicyclic) bond motifs is 2. The number of aryl methyl sites for hydroxylation is 1. The van der Waals surface area contributed by atoms with E-state index in [4.69, 9.17) is 4.98 Å². The Morgan fingerprint density at radius 1 is 1.29 bits per heavy atom. The summed E-state index contributed by atoms with van der Waals surface area (Å²) in [5.41, 5.74) is 5.43. The summed E-state index contributed by atoms with van der Waals surface area (Å²) < 4.78 is 25.3. The number of rotatable bonds is 3. The molecule has 160 valence electrons. The van der Waals surface area contributed by atoms with Crippen LogP contribution >= 0.6 is 0 Å². The molecular formula is C23H23N3O4S. The van der Waals surface area contributed by atoms with Gasteiger partial charge in [-0.2, -0.15) is 5.10 Å². The molecule has 0 radical (unpaired) electrons. The van der Waals surface area contributed by atoms with Crippen molar-refractivity contribution in [2.75, 3.05) is 11.5 Å². The number of hydrogen-bond acceptors (Lipinski definition) is 5. The second-order valence-electron chi connectivity index (χ2n) is 8.47. The second-order valence-corrected chi connectivity index (χ2v) is 10.7. The summed E-state index contributed by atoms with van der Waals surface area (Å²) in [4.78, 5) is 17.0. The fourth-order valence-corrected chi connectivity index (χ4v) is 6.40. The molecule has 2 aliphatic rings. The van der Waals surface area contributed by atoms with Crippen LogP contribution in [0.2, 0.25) is 0 Å². The normalized spacial score (nSPS) is 21.5. The molecule has 31 heavy (non-hydrogen) atoms. The third-order valence-corrected chi connectivity index (χ3v) is 7.93. The van der Waals surface area contributed by atoms with E-state index in [1.807, 2.05) is 37.4 Å². The molecule has 1 aliphatic carbocycles. The lowest BCUT2D eigenvalue weighted by atomic mass is 9.86. The topological polar surface area (TPSA) is 102 Å². The lowest BCUT2D eigenvalue weighted by molar-refractivity contribution is 0.0697. The van der Waals surface area contributed by atoms with Crippen LogP contribution in [0.3, 0.4) is 0 Å². The van der Waals surface area contributed by atoms with E-state index in [1.54, 1.807) is 10.9 Å². The van der Waals surface area contributed by atoms with Gasteiger partial charge in [0.05, 0.1) is 40.5 Å². The Morgan fingerprint density at radius 3 is 2.87 bits per heavy atom. The molecule has 1 saturated heterocycles. The Kier molecular flexibility index (Phi) is 4.69. The Hall–Kier alpha value is -3.00. The van der Waals surface area contributed by atoms with E-state index < -0.39 is 15.8 Å². The number of carboxylic acid groups (broad SMARTS) is 1. The number of sulfone groups is 1. The van der Waals surface area contributed by atoms with Crippen molar-refractivity contribution >= 4 is 38.4 Å². The Morgan fingerprint density at radius 2 is 2.13 bits per heavy atom. The first kappa shape index (κ1) is 19.9. The molecule has 2 aromatic heterocycles. The highest BCUT2D eigenvalue weighted by molar-refractivity contribution is 7.91. The molecule has 3 aromatic rings. The molecule has 1 aliphatic heterocycles. The van der Waals surface area contributed by atoms with Gasteiger partial charge >= 0.3 is 5.97 Å². The molecule has 7 nitrogen and oxygen atoms in total. The molecule has 1 atom stereocenters. The van der Waals surface area contributed by atoms with Gasteiger partial charge in [-0.25, -0.2) is 18.2 Å². The van der Waals surface area contributed by atoms with Gasteiger partial charge in [0, 0.05) is 17.1 Å². The van der Waals surface area contributed by atoms with Crippen molar-refractivity contribution in [1.82, 2.24) is 14.8 Å². The number of carboxylic acids is 1. The standard InChI is InChI=1S/C23H23N3O4S/c1-14-5-6-20-19(9-14)21(23(27)28)18-4-2-3-16(22(18)25-20)10-15-11-24-26(12-15)17-7-8-31(29,30)13-17/h5-6,9-12,17H,2-4,7-8,13H2,1H3,(H,27,28)/b16-10+. The van der Waals surface area contributed by atoms with Gasteiger partial charge in [-0.1, -0.05) is 11.6 Å². The number of pyridine rings is 1. The van der Waals surface area contributed by atoms with Crippen LogP contribution in [0.25, 0.3) is 22.6 Å². The summed E-state index contributed by atoms with van der Waals surface area (Å²) >= 11 is 0. The van der Waals surface area contributed by atoms with Crippen molar-refractivity contribution < 1.29 is 18.3 Å². The summed E-state index contributed by atoms with van der Waals surface area (Å²) in [5.74, 6) is -0.594. The van der Waals surface area contributed by atoms with E-state index >= 15 is 0 Å². The van der Waals surface area contributed by atoms with Crippen LogP contribution in [0.1, 0.15) is 58.0 Å². The zero-order chi connectivity index (χ0) is 21.8. The summed E-state index contributed by atoms with van der Waals surface area (Å²) in [6, 6.07) is 5.59. The summed E-state index contributed by atoms with van der Waals surface area (Å²) in [5, 5.41) is 15.0. The minimum Gasteiger partial charge on any atom is -0.478 e. The first-order chi connectivity index (χ1) is 14.8. The van der Waals surface area contributed by atoms with Crippen LogP contribution in [0.4, 0.5) is 0 Å². The number of hydrogen-bond donors (Lipinski definition) is 1. The zero-order valence-corrected chi connectivity index (χ0v) is 18.0. The predicted molar refractivity (Wildman–Crippen MR) is 119 cm³/mol. The van der Waals surface area contributed by atoms with Gasteiger partial charge in [0.2, 0.25) is 0 Å². The van der Waals surface area contributed by atoms with E-state index in [1.165, 1.54) is 0 Å². The molecule has 1 N–H and O–H groups in total. The number of allylic oxidation sites excluding steroid dienone is 1. The number of nitrogens with zero attached hydrogens (tertiary/aromatic N) is 3. The first-order valence-electron chi connectivity index (χ1n) is 10.4. The lowest BCUT2D eigenvalue weighted by Crippen LogP contribution is -2.13. The second kappa shape index (κ2) is 7.30. The Labute approximate surface area is 180 Å². The predicted octanol–water partition coefficient (Wildman–Crippen LogP) is 3.67. The van der Waals surface area contributed by atoms with Gasteiger partial charge in [-0.15, -0.1) is 0 Å². The number of carbonyl (C=O) groups is 1. The number of aromatic carboxylic acids is 1. The van der Waals surface area contributed by atoms with Crippen LogP contribution in [0, 0.1) is 6.92 Å². The van der Waals surface area contributed by atoms with E-state index in [0.29, 0.717) is 29.3 Å². The van der Waals surface area contributed by atoms with Crippen LogP contribution in [-0.2, 0) is 16.3 Å². The molecule has 0 saturated carbocycles. The molecular weight excluding hydrogens is 414 g/mol. The van der Waals surface area contributed by atoms with Gasteiger partial charge in [-0.3, -0.25) is 4.68 Å². The van der Waals surface area contributed by atoms with Gasteiger partial charge in [-0.05, 0) is 62.0 Å². The summed E-state index contributed by atoms with van der Waals surface area (Å²) in [7, 11) is -2.98. The Balaban J connectivity index is 1.58. The molecule has 1 fully saturated rings. The highest BCUT2D eigenvalue weighted by atomic mass is 32.2. The van der Waals surface area contributed by atoms with Gasteiger partial charge in [0.25, 0.3) is 0 Å². The molecule has 5 rings (SSSR count). The third kappa shape index (κ3) is 3.65. The van der Waals surface area contributed by atoms with Crippen molar-refractivity contribution in [3.8, 4) is 0 Å². The van der Waals surface area contributed by atoms with Crippen molar-refractivity contribution in [3.05, 3.63) is 58.5 Å². The SMILES string of the molecule is Cc1ccc2nc3c(c(C(=O)O)c2c1)CCC/C3=C\c1cnn(C2CCS(=O)(=O)C2)c1. The molecule has 0 bridgehead atoms. The maximum atomic E-state index is 12.2. The van der Waals surface area contributed by atoms with Crippen molar-refractivity contribution in [2.45, 2.75) is 38.6 Å². The highest BCUT2D eigenvalue weighted by Crippen LogP contribution is 2.36. The van der Waals surface area contributed by atoms with Crippen LogP contribution in [-0.4, -0.2) is 45.8 Å². The number of aromatic nitrogens is 3. The third-order valence-electron chi connectivity index (χ3n) is 6.18. The average molecular weight is 438 g/mol. The quantitative estimate of drug-likeness (QED) is 0.671. The molecule has 3 heterocycles. The van der Waals surface area contributed by atoms with Crippen LogP contribution in [0.15, 0.2) is 30.6 Å². The molecule has 1 unspecified atom stereocenters. The average Bonchev–Trinajstić information content (AvgIpc) is 3.32. The lowest BCUT2D eigenvalue weighted by Gasteiger charge is -2.21. The van der Waals surface area contributed by atoms with Crippen molar-refractivity contribution in [2.24, 2.45) is 0 Å². The number of benzene rings is 1. The van der Waals surface area contributed by atoms with Crippen LogP contribution in [0.5, 0.6) is 0 Å². The minimum atomic E-state index is -2.98. The molecule has 8 heteroatoms. The van der Waals surface area contributed by atoms with Gasteiger partial charge in [0.1, 0.15) is 0 Å².